The van der Waals surface area contributed by atoms with Crippen LogP contribution in [0, 0.1) is 6.92 Å². The Labute approximate surface area is 112 Å². The molecule has 1 aliphatic carbocycles. The third kappa shape index (κ3) is 2.02. The highest BCUT2D eigenvalue weighted by atomic mass is 32.2. The highest BCUT2D eigenvalue weighted by molar-refractivity contribution is 7.92. The number of nitrogens with zero attached hydrogens (tertiary/aromatic N) is 2. The fourth-order valence-electron chi connectivity index (χ4n) is 2.03. The molecule has 2 aromatic rings. The second kappa shape index (κ2) is 4.09. The minimum Gasteiger partial charge on any atom is -0.396 e. The first-order valence-electron chi connectivity index (χ1n) is 6.14. The molecule has 0 unspecified atom stereocenters. The number of nitrogen functional groups attached to an aromatic ring is 1. The SMILES string of the molecule is Cc1c(N)cnn1-c1ccc(S(=O)(=O)C2CC2)cc1. The predicted molar refractivity (Wildman–Crippen MR) is 72.9 cm³/mol. The molecular weight excluding hydrogens is 262 g/mol. The summed E-state index contributed by atoms with van der Waals surface area (Å²) >= 11 is 0. The summed E-state index contributed by atoms with van der Waals surface area (Å²) in [5, 5.41) is 3.99. The largest absolute Gasteiger partial charge is 0.396 e. The van der Waals surface area contributed by atoms with Gasteiger partial charge in [0, 0.05) is 0 Å². The molecular formula is C13H15N3O2S. The first kappa shape index (κ1) is 12.2. The van der Waals surface area contributed by atoms with Crippen molar-refractivity contribution in [3.8, 4) is 5.69 Å². The van der Waals surface area contributed by atoms with Crippen LogP contribution in [0.5, 0.6) is 0 Å². The molecule has 1 aromatic carbocycles. The molecule has 3 rings (SSSR count). The van der Waals surface area contributed by atoms with Crippen LogP contribution in [0.2, 0.25) is 0 Å². The maximum Gasteiger partial charge on any atom is 0.181 e. The van der Waals surface area contributed by atoms with E-state index in [2.05, 4.69) is 5.10 Å². The first-order chi connectivity index (χ1) is 9.00. The third-order valence-electron chi connectivity index (χ3n) is 3.42. The summed E-state index contributed by atoms with van der Waals surface area (Å²) in [6, 6.07) is 6.80. The summed E-state index contributed by atoms with van der Waals surface area (Å²) in [6.07, 6.45) is 3.14. The van der Waals surface area contributed by atoms with Gasteiger partial charge in [-0.25, -0.2) is 13.1 Å². The molecule has 0 aliphatic heterocycles. The standard InChI is InChI=1S/C13H15N3O2S/c1-9-13(14)8-15-16(9)10-2-4-11(5-3-10)19(17,18)12-6-7-12/h2-5,8,12H,6-7,14H2,1H3. The van der Waals surface area contributed by atoms with Crippen molar-refractivity contribution in [1.82, 2.24) is 9.78 Å². The summed E-state index contributed by atoms with van der Waals surface area (Å²) in [6.45, 7) is 1.87. The van der Waals surface area contributed by atoms with Gasteiger partial charge in [0.15, 0.2) is 9.84 Å². The van der Waals surface area contributed by atoms with Crippen molar-refractivity contribution in [3.05, 3.63) is 36.2 Å². The molecule has 0 saturated heterocycles. The van der Waals surface area contributed by atoms with Gasteiger partial charge in [0.25, 0.3) is 0 Å². The van der Waals surface area contributed by atoms with E-state index in [1.807, 2.05) is 6.92 Å². The molecule has 2 N–H and O–H groups in total. The zero-order valence-corrected chi connectivity index (χ0v) is 11.4. The number of hydrogen-bond acceptors (Lipinski definition) is 4. The molecule has 6 heteroatoms. The van der Waals surface area contributed by atoms with Crippen LogP contribution < -0.4 is 5.73 Å². The van der Waals surface area contributed by atoms with E-state index in [4.69, 9.17) is 5.73 Å². The fourth-order valence-corrected chi connectivity index (χ4v) is 3.69. The lowest BCUT2D eigenvalue weighted by Crippen LogP contribution is -2.07. The van der Waals surface area contributed by atoms with Crippen molar-refractivity contribution in [2.24, 2.45) is 0 Å². The second-order valence-corrected chi connectivity index (χ2v) is 7.06. The van der Waals surface area contributed by atoms with E-state index in [1.54, 1.807) is 35.1 Å². The van der Waals surface area contributed by atoms with Crippen LogP contribution in [-0.4, -0.2) is 23.4 Å². The molecule has 0 bridgehead atoms. The van der Waals surface area contributed by atoms with Crippen LogP contribution in [0.4, 0.5) is 5.69 Å². The Morgan fingerprint density at radius 2 is 1.89 bits per heavy atom. The number of hydrogen-bond donors (Lipinski definition) is 1. The van der Waals surface area contributed by atoms with Crippen molar-refractivity contribution in [2.75, 3.05) is 5.73 Å². The molecule has 19 heavy (non-hydrogen) atoms. The lowest BCUT2D eigenvalue weighted by Gasteiger charge is -2.07. The van der Waals surface area contributed by atoms with E-state index in [0.29, 0.717) is 10.6 Å². The number of rotatable bonds is 3. The number of nitrogens with two attached hydrogens (primary N) is 1. The first-order valence-corrected chi connectivity index (χ1v) is 7.69. The highest BCUT2D eigenvalue weighted by Gasteiger charge is 2.36. The summed E-state index contributed by atoms with van der Waals surface area (Å²) in [4.78, 5) is 0.386. The van der Waals surface area contributed by atoms with Crippen molar-refractivity contribution in [3.63, 3.8) is 0 Å². The van der Waals surface area contributed by atoms with Crippen molar-refractivity contribution in [2.45, 2.75) is 29.9 Å². The fraction of sp³-hybridized carbons (Fsp3) is 0.308. The number of benzene rings is 1. The summed E-state index contributed by atoms with van der Waals surface area (Å²) in [7, 11) is -3.12. The average molecular weight is 277 g/mol. The van der Waals surface area contributed by atoms with Crippen LogP contribution in [0.1, 0.15) is 18.5 Å². The van der Waals surface area contributed by atoms with E-state index in [0.717, 1.165) is 24.2 Å². The average Bonchev–Trinajstić information content (AvgIpc) is 3.19. The molecule has 0 amide bonds. The van der Waals surface area contributed by atoms with Gasteiger partial charge in [0.1, 0.15) is 0 Å². The Bertz CT molecular complexity index is 713. The predicted octanol–water partition coefficient (Wildman–Crippen LogP) is 1.70. The van der Waals surface area contributed by atoms with Gasteiger partial charge < -0.3 is 5.73 Å². The molecule has 0 spiro atoms. The Kier molecular flexibility index (Phi) is 2.63. The molecule has 1 aliphatic rings. The smallest absolute Gasteiger partial charge is 0.181 e. The number of sulfone groups is 1. The Hall–Kier alpha value is -1.82. The van der Waals surface area contributed by atoms with Gasteiger partial charge in [0.05, 0.1) is 33.4 Å². The Balaban J connectivity index is 1.97. The normalized spacial score (nSPS) is 15.6. The highest BCUT2D eigenvalue weighted by Crippen LogP contribution is 2.33. The van der Waals surface area contributed by atoms with Gasteiger partial charge in [0.2, 0.25) is 0 Å². The van der Waals surface area contributed by atoms with Crippen LogP contribution in [0.3, 0.4) is 0 Å². The van der Waals surface area contributed by atoms with Crippen molar-refractivity contribution < 1.29 is 8.42 Å². The van der Waals surface area contributed by atoms with E-state index in [9.17, 15) is 8.42 Å². The molecule has 5 nitrogen and oxygen atoms in total. The molecule has 0 atom stereocenters. The van der Waals surface area contributed by atoms with E-state index < -0.39 is 9.84 Å². The lowest BCUT2D eigenvalue weighted by atomic mass is 10.3. The quantitative estimate of drug-likeness (QED) is 0.926. The Morgan fingerprint density at radius 1 is 1.26 bits per heavy atom. The molecule has 100 valence electrons. The zero-order chi connectivity index (χ0) is 13.6. The Morgan fingerprint density at radius 3 is 2.37 bits per heavy atom. The molecule has 0 radical (unpaired) electrons. The number of aromatic nitrogens is 2. The second-order valence-electron chi connectivity index (χ2n) is 4.84. The van der Waals surface area contributed by atoms with Gasteiger partial charge in [-0.1, -0.05) is 0 Å². The van der Waals surface area contributed by atoms with Gasteiger partial charge >= 0.3 is 0 Å². The van der Waals surface area contributed by atoms with Crippen LogP contribution in [0.25, 0.3) is 5.69 Å². The minimum absolute atomic E-state index is 0.180. The van der Waals surface area contributed by atoms with Gasteiger partial charge in [-0.05, 0) is 44.0 Å². The maximum atomic E-state index is 12.1. The topological polar surface area (TPSA) is 78.0 Å². The molecule has 1 aromatic heterocycles. The molecule has 1 saturated carbocycles. The summed E-state index contributed by atoms with van der Waals surface area (Å²) in [5.41, 5.74) is 8.02. The van der Waals surface area contributed by atoms with E-state index >= 15 is 0 Å². The van der Waals surface area contributed by atoms with Gasteiger partial charge in [-0.2, -0.15) is 5.10 Å². The molecule has 1 heterocycles. The lowest BCUT2D eigenvalue weighted by molar-refractivity contribution is 0.595. The molecule has 1 fully saturated rings. The van der Waals surface area contributed by atoms with E-state index in [1.165, 1.54) is 0 Å². The summed E-state index contributed by atoms with van der Waals surface area (Å²) < 4.78 is 25.8. The van der Waals surface area contributed by atoms with Gasteiger partial charge in [-0.15, -0.1) is 0 Å². The minimum atomic E-state index is -3.12. The van der Waals surface area contributed by atoms with Crippen molar-refractivity contribution in [1.29, 1.82) is 0 Å². The van der Waals surface area contributed by atoms with Gasteiger partial charge in [-0.3, -0.25) is 0 Å². The van der Waals surface area contributed by atoms with Crippen LogP contribution in [0.15, 0.2) is 35.4 Å². The van der Waals surface area contributed by atoms with E-state index in [-0.39, 0.29) is 5.25 Å². The van der Waals surface area contributed by atoms with Crippen LogP contribution in [-0.2, 0) is 9.84 Å². The number of anilines is 1. The van der Waals surface area contributed by atoms with Crippen LogP contribution >= 0.6 is 0 Å². The van der Waals surface area contributed by atoms with Crippen molar-refractivity contribution >= 4 is 15.5 Å². The zero-order valence-electron chi connectivity index (χ0n) is 10.6. The maximum absolute atomic E-state index is 12.1. The summed E-state index contributed by atoms with van der Waals surface area (Å²) in [5.74, 6) is 0. The third-order valence-corrected chi connectivity index (χ3v) is 5.70. The monoisotopic (exact) mass is 277 g/mol.